The van der Waals surface area contributed by atoms with Gasteiger partial charge in [-0.3, -0.25) is 0 Å². The summed E-state index contributed by atoms with van der Waals surface area (Å²) in [7, 11) is 0. The summed E-state index contributed by atoms with van der Waals surface area (Å²) in [5, 5.41) is 0. The van der Waals surface area contributed by atoms with Crippen molar-refractivity contribution < 1.29 is 0 Å². The maximum atomic E-state index is 2.52. The van der Waals surface area contributed by atoms with Crippen molar-refractivity contribution >= 4 is 5.57 Å². The topological polar surface area (TPSA) is 3.24 Å². The Morgan fingerprint density at radius 3 is 2.30 bits per heavy atom. The molecule has 1 nitrogen and oxygen atoms in total. The fraction of sp³-hybridized carbons (Fsp3) is 0.364. The molecule has 1 aliphatic carbocycles. The van der Waals surface area contributed by atoms with E-state index in [9.17, 15) is 0 Å². The largest absolute Gasteiger partial charge is 0.304 e. The van der Waals surface area contributed by atoms with Crippen molar-refractivity contribution in [3.63, 3.8) is 0 Å². The quantitative estimate of drug-likeness (QED) is 0.684. The van der Waals surface area contributed by atoms with Gasteiger partial charge in [0.1, 0.15) is 0 Å². The lowest BCUT2D eigenvalue weighted by Gasteiger charge is -2.18. The number of benzene rings is 2. The second-order valence-electron chi connectivity index (χ2n) is 6.35. The number of allylic oxidation sites excluding steroid dienone is 1. The summed E-state index contributed by atoms with van der Waals surface area (Å²) in [4.78, 5) is 2.51. The van der Waals surface area contributed by atoms with Crippen LogP contribution in [0.1, 0.15) is 42.9 Å². The van der Waals surface area contributed by atoms with Crippen LogP contribution in [0.15, 0.2) is 60.7 Å². The first kappa shape index (κ1) is 16.0. The van der Waals surface area contributed by atoms with Crippen LogP contribution in [0.4, 0.5) is 0 Å². The molecule has 120 valence electrons. The molecule has 0 amide bonds. The van der Waals surface area contributed by atoms with E-state index in [1.54, 1.807) is 0 Å². The van der Waals surface area contributed by atoms with Crippen LogP contribution >= 0.6 is 0 Å². The lowest BCUT2D eigenvalue weighted by molar-refractivity contribution is 0.311. The van der Waals surface area contributed by atoms with E-state index in [2.05, 4.69) is 79.4 Å². The third-order valence-electron chi connectivity index (χ3n) is 5.00. The van der Waals surface area contributed by atoms with Crippen molar-refractivity contribution in [3.05, 3.63) is 77.4 Å². The molecule has 0 N–H and O–H groups in total. The van der Waals surface area contributed by atoms with E-state index in [1.807, 2.05) is 0 Å². The van der Waals surface area contributed by atoms with Crippen LogP contribution in [0.2, 0.25) is 0 Å². The summed E-state index contributed by atoms with van der Waals surface area (Å²) < 4.78 is 0. The Bertz CT molecular complexity index is 653. The average Bonchev–Trinajstić information content (AvgIpc) is 2.95. The molecule has 3 rings (SSSR count). The second kappa shape index (κ2) is 7.61. The first-order valence-electron chi connectivity index (χ1n) is 8.88. The molecule has 1 atom stereocenters. The molecular weight excluding hydrogens is 278 g/mol. The van der Waals surface area contributed by atoms with Gasteiger partial charge in [0.25, 0.3) is 0 Å². The predicted molar refractivity (Wildman–Crippen MR) is 99.7 cm³/mol. The molecule has 0 spiro atoms. The van der Waals surface area contributed by atoms with Gasteiger partial charge in [-0.2, -0.15) is 0 Å². The Labute approximate surface area is 140 Å². The van der Waals surface area contributed by atoms with Crippen LogP contribution < -0.4 is 0 Å². The molecule has 0 saturated carbocycles. The van der Waals surface area contributed by atoms with Gasteiger partial charge in [-0.15, -0.1) is 0 Å². The number of nitrogens with zero attached hydrogens (tertiary/aromatic N) is 1. The Hall–Kier alpha value is -1.86. The van der Waals surface area contributed by atoms with E-state index in [-0.39, 0.29) is 0 Å². The van der Waals surface area contributed by atoms with Crippen molar-refractivity contribution in [2.24, 2.45) is 0 Å². The molecule has 1 unspecified atom stereocenters. The van der Waals surface area contributed by atoms with Crippen LogP contribution in [0.3, 0.4) is 0 Å². The zero-order chi connectivity index (χ0) is 16.1. The lowest BCUT2D eigenvalue weighted by Crippen LogP contribution is -2.24. The highest BCUT2D eigenvalue weighted by molar-refractivity contribution is 5.75. The third kappa shape index (κ3) is 3.73. The van der Waals surface area contributed by atoms with Crippen LogP contribution in [0.25, 0.3) is 5.57 Å². The molecule has 0 heterocycles. The molecule has 2 aromatic rings. The monoisotopic (exact) mass is 305 g/mol. The van der Waals surface area contributed by atoms with Crippen LogP contribution in [-0.4, -0.2) is 24.5 Å². The third-order valence-corrected chi connectivity index (χ3v) is 5.00. The predicted octanol–water partition coefficient (Wildman–Crippen LogP) is 5.14. The molecule has 0 saturated heterocycles. The summed E-state index contributed by atoms with van der Waals surface area (Å²) in [5.41, 5.74) is 5.94. The Balaban J connectivity index is 1.78. The van der Waals surface area contributed by atoms with E-state index in [0.29, 0.717) is 5.92 Å². The maximum Gasteiger partial charge on any atom is 0.00704 e. The van der Waals surface area contributed by atoms with E-state index in [1.165, 1.54) is 22.3 Å². The fourth-order valence-electron chi connectivity index (χ4n) is 3.61. The Morgan fingerprint density at radius 2 is 1.57 bits per heavy atom. The second-order valence-corrected chi connectivity index (χ2v) is 6.35. The smallest absolute Gasteiger partial charge is 0.00704 e. The summed E-state index contributed by atoms with van der Waals surface area (Å²) in [6.45, 7) is 7.93. The molecule has 0 radical (unpaired) electrons. The van der Waals surface area contributed by atoms with Gasteiger partial charge in [0.15, 0.2) is 0 Å². The molecule has 0 fully saturated rings. The lowest BCUT2D eigenvalue weighted by atomic mass is 9.94. The van der Waals surface area contributed by atoms with Gasteiger partial charge >= 0.3 is 0 Å². The summed E-state index contributed by atoms with van der Waals surface area (Å²) in [5.74, 6) is 0.528. The normalized spacial score (nSPS) is 16.5. The first-order chi connectivity index (χ1) is 11.3. The zero-order valence-electron chi connectivity index (χ0n) is 14.3. The molecule has 2 aromatic carbocycles. The number of fused-ring (bicyclic) bond motifs is 1. The molecule has 0 bridgehead atoms. The van der Waals surface area contributed by atoms with E-state index in [0.717, 1.165) is 32.5 Å². The molecular formula is C22H27N. The van der Waals surface area contributed by atoms with Gasteiger partial charge in [0.05, 0.1) is 0 Å². The molecule has 1 heteroatoms. The van der Waals surface area contributed by atoms with Gasteiger partial charge in [-0.25, -0.2) is 0 Å². The van der Waals surface area contributed by atoms with Gasteiger partial charge in [0.2, 0.25) is 0 Å². The SMILES string of the molecule is CCN(CC)CCC1=CC(Cc2ccccc2)c2ccccc21. The highest BCUT2D eigenvalue weighted by Crippen LogP contribution is 2.39. The minimum absolute atomic E-state index is 0.528. The molecule has 1 aliphatic rings. The van der Waals surface area contributed by atoms with Crippen molar-refractivity contribution in [1.82, 2.24) is 4.90 Å². The van der Waals surface area contributed by atoms with Crippen LogP contribution in [0.5, 0.6) is 0 Å². The number of rotatable bonds is 7. The minimum Gasteiger partial charge on any atom is -0.304 e. The summed E-state index contributed by atoms with van der Waals surface area (Å²) >= 11 is 0. The summed E-state index contributed by atoms with van der Waals surface area (Å²) in [6, 6.07) is 19.8. The average molecular weight is 305 g/mol. The summed E-state index contributed by atoms with van der Waals surface area (Å²) in [6.07, 6.45) is 4.78. The van der Waals surface area contributed by atoms with E-state index in [4.69, 9.17) is 0 Å². The van der Waals surface area contributed by atoms with Crippen molar-refractivity contribution in [1.29, 1.82) is 0 Å². The highest BCUT2D eigenvalue weighted by atomic mass is 15.1. The number of hydrogen-bond donors (Lipinski definition) is 0. The van der Waals surface area contributed by atoms with Crippen molar-refractivity contribution in [2.45, 2.75) is 32.6 Å². The molecule has 0 aliphatic heterocycles. The fourth-order valence-corrected chi connectivity index (χ4v) is 3.61. The van der Waals surface area contributed by atoms with Crippen molar-refractivity contribution in [2.75, 3.05) is 19.6 Å². The first-order valence-corrected chi connectivity index (χ1v) is 8.88. The Morgan fingerprint density at radius 1 is 0.870 bits per heavy atom. The van der Waals surface area contributed by atoms with E-state index >= 15 is 0 Å². The van der Waals surface area contributed by atoms with Gasteiger partial charge in [-0.05, 0) is 48.2 Å². The van der Waals surface area contributed by atoms with E-state index < -0.39 is 0 Å². The molecule has 0 aromatic heterocycles. The standard InChI is InChI=1S/C22H27N/c1-3-23(4-2)15-14-19-17-20(16-18-10-6-5-7-11-18)22-13-9-8-12-21(19)22/h5-13,17,20H,3-4,14-16H2,1-2H3. The molecule has 23 heavy (non-hydrogen) atoms. The van der Waals surface area contributed by atoms with Crippen molar-refractivity contribution in [3.8, 4) is 0 Å². The van der Waals surface area contributed by atoms with Gasteiger partial charge in [0, 0.05) is 12.5 Å². The van der Waals surface area contributed by atoms with Crippen LogP contribution in [0, 0.1) is 0 Å². The minimum atomic E-state index is 0.528. The zero-order valence-corrected chi connectivity index (χ0v) is 14.3. The van der Waals surface area contributed by atoms with Crippen LogP contribution in [-0.2, 0) is 6.42 Å². The Kier molecular flexibility index (Phi) is 5.30. The maximum absolute atomic E-state index is 2.52. The number of hydrogen-bond acceptors (Lipinski definition) is 1. The highest BCUT2D eigenvalue weighted by Gasteiger charge is 2.23. The van der Waals surface area contributed by atoms with Gasteiger partial charge < -0.3 is 4.90 Å². The van der Waals surface area contributed by atoms with Gasteiger partial charge in [-0.1, -0.05) is 74.5 Å².